The molecule has 4 rings (SSSR count). The van der Waals surface area contributed by atoms with Crippen LogP contribution in [0.1, 0.15) is 106 Å². The summed E-state index contributed by atoms with van der Waals surface area (Å²) in [6.07, 6.45) is 7.23. The minimum Gasteiger partial charge on any atom is -0.465 e. The van der Waals surface area contributed by atoms with E-state index in [1.165, 1.54) is 13.8 Å². The molecule has 7 nitrogen and oxygen atoms in total. The second kappa shape index (κ2) is 9.84. The largest absolute Gasteiger partial charge is 0.465 e. The average molecular weight is 521 g/mol. The van der Waals surface area contributed by atoms with Crippen molar-refractivity contribution in [2.24, 2.45) is 39.9 Å². The van der Waals surface area contributed by atoms with Crippen LogP contribution in [0.5, 0.6) is 0 Å². The lowest BCUT2D eigenvalue weighted by atomic mass is 9.43. The maximum Gasteiger partial charge on any atom is 0.311 e. The van der Waals surface area contributed by atoms with Gasteiger partial charge in [0.15, 0.2) is 0 Å². The zero-order valence-electron chi connectivity index (χ0n) is 23.9. The second-order valence-electron chi connectivity index (χ2n) is 13.9. The molecule has 0 spiro atoms. The van der Waals surface area contributed by atoms with Crippen molar-refractivity contribution in [2.45, 2.75) is 124 Å². The number of hydrogen-bond donors (Lipinski definition) is 1. The van der Waals surface area contributed by atoms with Gasteiger partial charge in [-0.15, -0.1) is 0 Å². The fraction of sp³-hybridized carbons (Fsp3) is 0.900. The van der Waals surface area contributed by atoms with Crippen molar-refractivity contribution in [3.05, 3.63) is 0 Å². The van der Waals surface area contributed by atoms with Crippen LogP contribution in [0.15, 0.2) is 0 Å². The molecule has 4 aliphatic carbocycles. The van der Waals surface area contributed by atoms with E-state index in [1.54, 1.807) is 0 Å². The van der Waals surface area contributed by atoms with Gasteiger partial charge in [-0.2, -0.15) is 0 Å². The van der Waals surface area contributed by atoms with Gasteiger partial charge in [0.05, 0.1) is 17.6 Å². The van der Waals surface area contributed by atoms with Crippen molar-refractivity contribution in [2.75, 3.05) is 6.61 Å². The van der Waals surface area contributed by atoms with Gasteiger partial charge in [0, 0.05) is 30.6 Å². The number of hydrogen-bond acceptors (Lipinski definition) is 7. The molecule has 37 heavy (non-hydrogen) atoms. The predicted octanol–water partition coefficient (Wildman–Crippen LogP) is 5.21. The minimum atomic E-state index is -0.835. The minimum absolute atomic E-state index is 0.112. The summed E-state index contributed by atoms with van der Waals surface area (Å²) < 4.78 is 17.3. The molecule has 0 radical (unpaired) electrons. The van der Waals surface area contributed by atoms with E-state index >= 15 is 0 Å². The third-order valence-corrected chi connectivity index (χ3v) is 10.9. The van der Waals surface area contributed by atoms with Crippen LogP contribution in [0.3, 0.4) is 0 Å². The molecule has 4 saturated carbocycles. The lowest BCUT2D eigenvalue weighted by molar-refractivity contribution is -0.230. The molecule has 0 aromatic carbocycles. The van der Waals surface area contributed by atoms with Gasteiger partial charge in [-0.05, 0) is 103 Å². The topological polar surface area (TPSA) is 99.1 Å². The molecule has 210 valence electrons. The molecule has 1 N–H and O–H groups in total. The highest BCUT2D eigenvalue weighted by molar-refractivity contribution is 5.75. The molecule has 0 bridgehead atoms. The molecular weight excluding hydrogens is 472 g/mol. The molecule has 0 aliphatic heterocycles. The fourth-order valence-corrected chi connectivity index (χ4v) is 9.07. The van der Waals surface area contributed by atoms with E-state index in [2.05, 4.69) is 6.92 Å². The van der Waals surface area contributed by atoms with Crippen LogP contribution in [0.2, 0.25) is 0 Å². The first-order valence-corrected chi connectivity index (χ1v) is 14.4. The van der Waals surface area contributed by atoms with Crippen molar-refractivity contribution in [1.29, 1.82) is 0 Å². The highest BCUT2D eigenvalue weighted by Gasteiger charge is 2.69. The fourth-order valence-electron chi connectivity index (χ4n) is 9.07. The molecular formula is C30H48O7. The van der Waals surface area contributed by atoms with Crippen molar-refractivity contribution >= 4 is 17.9 Å². The van der Waals surface area contributed by atoms with Crippen LogP contribution in [0.25, 0.3) is 0 Å². The third-order valence-electron chi connectivity index (χ3n) is 10.9. The summed E-state index contributed by atoms with van der Waals surface area (Å²) in [5.74, 6) is 0.0473. The van der Waals surface area contributed by atoms with Crippen LogP contribution < -0.4 is 0 Å². The Bertz CT molecular complexity index is 908. The Morgan fingerprint density at radius 2 is 1.65 bits per heavy atom. The van der Waals surface area contributed by atoms with E-state index in [9.17, 15) is 19.5 Å². The monoisotopic (exact) mass is 520 g/mol. The number of aliphatic hydroxyl groups is 1. The summed E-state index contributed by atoms with van der Waals surface area (Å²) in [7, 11) is 0. The van der Waals surface area contributed by atoms with Crippen LogP contribution >= 0.6 is 0 Å². The van der Waals surface area contributed by atoms with Gasteiger partial charge in [0.25, 0.3) is 0 Å². The summed E-state index contributed by atoms with van der Waals surface area (Å²) in [4.78, 5) is 36.3. The molecule has 0 unspecified atom stereocenters. The Hall–Kier alpha value is -1.63. The number of carbonyl (C=O) groups is 3. The summed E-state index contributed by atoms with van der Waals surface area (Å²) >= 11 is 0. The van der Waals surface area contributed by atoms with Gasteiger partial charge in [-0.1, -0.05) is 6.92 Å². The van der Waals surface area contributed by atoms with Crippen molar-refractivity contribution in [1.82, 2.24) is 0 Å². The van der Waals surface area contributed by atoms with Crippen molar-refractivity contribution in [3.63, 3.8) is 0 Å². The number of carbonyl (C=O) groups excluding carboxylic acids is 3. The van der Waals surface area contributed by atoms with Crippen LogP contribution in [0.4, 0.5) is 0 Å². The SMILES string of the molecule is CC(=O)OC[C@]12CC[C@H](OC(=O)C(C)(C)C)C[C@@H]1CC[C@@H]1[C@@H]2CC[C@]2(C)[C@@H]([C@H](C)OC(C)=O)CC[C@]12O. The van der Waals surface area contributed by atoms with Gasteiger partial charge in [0.1, 0.15) is 12.2 Å². The highest BCUT2D eigenvalue weighted by Crippen LogP contribution is 2.69. The number of rotatable bonds is 5. The Morgan fingerprint density at radius 3 is 2.27 bits per heavy atom. The molecule has 9 atom stereocenters. The van der Waals surface area contributed by atoms with Crippen molar-refractivity contribution < 1.29 is 33.7 Å². The van der Waals surface area contributed by atoms with E-state index in [4.69, 9.17) is 14.2 Å². The smallest absolute Gasteiger partial charge is 0.311 e. The summed E-state index contributed by atoms with van der Waals surface area (Å²) in [6.45, 7) is 13.1. The Balaban J connectivity index is 1.60. The van der Waals surface area contributed by atoms with Gasteiger partial charge < -0.3 is 19.3 Å². The van der Waals surface area contributed by atoms with Gasteiger partial charge in [-0.3, -0.25) is 14.4 Å². The predicted molar refractivity (Wildman–Crippen MR) is 138 cm³/mol. The van der Waals surface area contributed by atoms with Gasteiger partial charge >= 0.3 is 17.9 Å². The molecule has 0 amide bonds. The first-order chi connectivity index (χ1) is 17.1. The van der Waals surface area contributed by atoms with Crippen LogP contribution in [-0.2, 0) is 28.6 Å². The van der Waals surface area contributed by atoms with E-state index in [-0.39, 0.29) is 64.6 Å². The molecule has 0 saturated heterocycles. The first kappa shape index (κ1) is 28.4. The maximum absolute atomic E-state index is 12.6. The van der Waals surface area contributed by atoms with E-state index in [0.29, 0.717) is 13.0 Å². The highest BCUT2D eigenvalue weighted by atomic mass is 16.5. The average Bonchev–Trinajstić information content (AvgIpc) is 3.08. The lowest BCUT2D eigenvalue weighted by Gasteiger charge is -2.64. The summed E-state index contributed by atoms with van der Waals surface area (Å²) in [5, 5.41) is 12.4. The second-order valence-corrected chi connectivity index (χ2v) is 13.9. The first-order valence-electron chi connectivity index (χ1n) is 14.4. The molecule has 4 fully saturated rings. The van der Waals surface area contributed by atoms with Crippen molar-refractivity contribution in [3.8, 4) is 0 Å². The molecule has 4 aliphatic rings. The van der Waals surface area contributed by atoms with E-state index in [0.717, 1.165) is 51.4 Å². The molecule has 0 aromatic rings. The third kappa shape index (κ3) is 4.83. The zero-order valence-corrected chi connectivity index (χ0v) is 23.9. The van der Waals surface area contributed by atoms with E-state index < -0.39 is 11.0 Å². The molecule has 7 heteroatoms. The maximum atomic E-state index is 12.6. The standard InChI is InChI=1S/C30H48O7/c1-18(36-20(3)32)23-12-15-30(34)25-9-8-21-16-22(37-26(33)27(4,5)6)10-14-29(21,17-35-19(2)31)24(25)11-13-28(23,30)7/h18,21-25,34H,8-17H2,1-7H3/t18-,21-,22-,23+,24-,25+,28+,29+,30-/m0/s1. The number of esters is 3. The Kier molecular flexibility index (Phi) is 7.55. The lowest BCUT2D eigenvalue weighted by Crippen LogP contribution is -2.64. The Morgan fingerprint density at radius 1 is 0.946 bits per heavy atom. The normalized spacial score (nSPS) is 42.0. The molecule has 0 heterocycles. The quantitative estimate of drug-likeness (QED) is 0.392. The summed E-state index contributed by atoms with van der Waals surface area (Å²) in [5.41, 5.74) is -1.91. The molecule has 0 aromatic heterocycles. The summed E-state index contributed by atoms with van der Waals surface area (Å²) in [6, 6.07) is 0. The van der Waals surface area contributed by atoms with Gasteiger partial charge in [0.2, 0.25) is 0 Å². The van der Waals surface area contributed by atoms with Gasteiger partial charge in [-0.25, -0.2) is 0 Å². The Labute approximate surface area is 222 Å². The van der Waals surface area contributed by atoms with Crippen LogP contribution in [0, 0.1) is 39.9 Å². The van der Waals surface area contributed by atoms with E-state index in [1.807, 2.05) is 27.7 Å². The number of fused-ring (bicyclic) bond motifs is 5. The van der Waals surface area contributed by atoms with Crippen LogP contribution in [-0.4, -0.2) is 47.4 Å². The zero-order chi connectivity index (χ0) is 27.4. The number of ether oxygens (including phenoxy) is 3.